The lowest BCUT2D eigenvalue weighted by molar-refractivity contribution is 0.1000. The lowest BCUT2D eigenvalue weighted by Gasteiger charge is -2.12. The van der Waals surface area contributed by atoms with Crippen molar-refractivity contribution in [2.45, 2.75) is 15.5 Å². The molecule has 32 heavy (non-hydrogen) atoms. The molecule has 7 nitrogen and oxygen atoms in total. The summed E-state index contributed by atoms with van der Waals surface area (Å²) < 4.78 is 29.8. The first kappa shape index (κ1) is 23.9. The highest BCUT2D eigenvalue weighted by Crippen LogP contribution is 2.35. The molecule has 0 bridgehead atoms. The van der Waals surface area contributed by atoms with E-state index in [4.69, 9.17) is 34.7 Å². The van der Waals surface area contributed by atoms with Gasteiger partial charge in [0.1, 0.15) is 4.90 Å². The maximum atomic E-state index is 13.1. The third kappa shape index (κ3) is 5.95. The van der Waals surface area contributed by atoms with E-state index in [9.17, 15) is 13.2 Å². The number of guanidine groups is 1. The van der Waals surface area contributed by atoms with Gasteiger partial charge in [0.25, 0.3) is 10.0 Å². The van der Waals surface area contributed by atoms with Crippen molar-refractivity contribution in [3.05, 3.63) is 87.9 Å². The van der Waals surface area contributed by atoms with E-state index < -0.39 is 21.9 Å². The van der Waals surface area contributed by atoms with Crippen LogP contribution < -0.4 is 16.8 Å². The van der Waals surface area contributed by atoms with E-state index in [2.05, 4.69) is 9.71 Å². The molecule has 0 aliphatic heterocycles. The van der Waals surface area contributed by atoms with Crippen molar-refractivity contribution in [1.82, 2.24) is 0 Å². The molecule has 5 N–H and O–H groups in total. The highest BCUT2D eigenvalue weighted by atomic mass is 35.5. The molecule has 3 rings (SSSR count). The largest absolute Gasteiger partial charge is 0.369 e. The normalized spacial score (nSPS) is 11.9. The molecular formula is C21H18Cl2N4O3S2. The number of benzene rings is 3. The van der Waals surface area contributed by atoms with Gasteiger partial charge in [-0.3, -0.25) is 4.79 Å². The van der Waals surface area contributed by atoms with Crippen molar-refractivity contribution >= 4 is 62.5 Å². The van der Waals surface area contributed by atoms with Gasteiger partial charge < -0.3 is 16.8 Å². The van der Waals surface area contributed by atoms with Gasteiger partial charge in [0, 0.05) is 10.6 Å². The van der Waals surface area contributed by atoms with Crippen molar-refractivity contribution < 1.29 is 13.2 Å². The van der Waals surface area contributed by atoms with Gasteiger partial charge in [-0.25, -0.2) is 0 Å². The summed E-state index contributed by atoms with van der Waals surface area (Å²) in [5.41, 5.74) is 12.4. The number of halogens is 2. The standard InChI is InChI=1S/C21H18Cl2N4O3S2/c22-15-8-4-5-9-17(15)26-21(25)27-32(29,30)19-10-14(20(24)28)16(23)11-18(19)31-12-13-6-2-1-3-7-13/h1-11H,12H2,(H2,24,28)(H3,25,26,27). The van der Waals surface area contributed by atoms with Gasteiger partial charge in [-0.05, 0) is 29.8 Å². The fraction of sp³-hybridized carbons (Fsp3) is 0.0476. The van der Waals surface area contributed by atoms with E-state index in [-0.39, 0.29) is 15.5 Å². The number of hydrogen-bond acceptors (Lipinski definition) is 4. The van der Waals surface area contributed by atoms with Crippen molar-refractivity contribution in [1.29, 1.82) is 0 Å². The Morgan fingerprint density at radius 2 is 1.62 bits per heavy atom. The number of amides is 1. The molecule has 11 heteroatoms. The highest BCUT2D eigenvalue weighted by molar-refractivity contribution is 7.99. The minimum atomic E-state index is -4.33. The van der Waals surface area contributed by atoms with Crippen LogP contribution in [0.5, 0.6) is 0 Å². The van der Waals surface area contributed by atoms with Crippen LogP contribution in [-0.4, -0.2) is 20.3 Å². The zero-order valence-electron chi connectivity index (χ0n) is 16.5. The van der Waals surface area contributed by atoms with Crippen molar-refractivity contribution in [2.75, 3.05) is 5.32 Å². The monoisotopic (exact) mass is 508 g/mol. The number of nitrogens with two attached hydrogens (primary N) is 2. The van der Waals surface area contributed by atoms with Crippen molar-refractivity contribution in [2.24, 2.45) is 15.9 Å². The number of nitrogens with zero attached hydrogens (tertiary/aromatic N) is 1. The number of hydrogen-bond donors (Lipinski definition) is 3. The third-order valence-electron chi connectivity index (χ3n) is 4.17. The summed E-state index contributed by atoms with van der Waals surface area (Å²) in [6.45, 7) is 0. The minimum absolute atomic E-state index is 0.0400. The number of sulfonamides is 1. The van der Waals surface area contributed by atoms with Crippen LogP contribution in [0.1, 0.15) is 15.9 Å². The second kappa shape index (κ2) is 10.3. The van der Waals surface area contributed by atoms with E-state index in [1.165, 1.54) is 17.8 Å². The Morgan fingerprint density at radius 3 is 2.28 bits per heavy atom. The smallest absolute Gasteiger partial charge is 0.286 e. The van der Waals surface area contributed by atoms with E-state index in [0.717, 1.165) is 11.6 Å². The van der Waals surface area contributed by atoms with Crippen LogP contribution in [0.25, 0.3) is 0 Å². The van der Waals surface area contributed by atoms with Gasteiger partial charge in [0.2, 0.25) is 11.9 Å². The van der Waals surface area contributed by atoms with E-state index in [1.54, 1.807) is 24.3 Å². The Balaban J connectivity index is 1.99. The SMILES string of the molecule is NC(=O)c1cc(S(=O)(=O)/N=C(\N)Nc2ccccc2Cl)c(SCc2ccccc2)cc1Cl. The molecule has 0 heterocycles. The second-order valence-electron chi connectivity index (χ2n) is 6.47. The first-order chi connectivity index (χ1) is 15.2. The minimum Gasteiger partial charge on any atom is -0.369 e. The van der Waals surface area contributed by atoms with E-state index >= 15 is 0 Å². The zero-order valence-corrected chi connectivity index (χ0v) is 19.6. The lowest BCUT2D eigenvalue weighted by Crippen LogP contribution is -2.24. The summed E-state index contributed by atoms with van der Waals surface area (Å²) in [5, 5.41) is 3.03. The lowest BCUT2D eigenvalue weighted by atomic mass is 10.2. The van der Waals surface area contributed by atoms with E-state index in [0.29, 0.717) is 21.4 Å². The molecule has 0 aliphatic carbocycles. The molecule has 0 unspecified atom stereocenters. The van der Waals surface area contributed by atoms with Crippen LogP contribution in [0.3, 0.4) is 0 Å². The molecule has 1 amide bonds. The number of primary amides is 1. The second-order valence-corrected chi connectivity index (χ2v) is 9.88. The number of rotatable bonds is 7. The molecule has 0 aliphatic rings. The molecule has 3 aromatic rings. The van der Waals surface area contributed by atoms with Gasteiger partial charge >= 0.3 is 0 Å². The first-order valence-corrected chi connectivity index (χ1v) is 12.3. The molecule has 0 fully saturated rings. The molecule has 0 radical (unpaired) electrons. The van der Waals surface area contributed by atoms with Gasteiger partial charge in [0.05, 0.1) is 21.3 Å². The number of anilines is 1. The zero-order chi connectivity index (χ0) is 23.3. The van der Waals surface area contributed by atoms with Gasteiger partial charge in [0.15, 0.2) is 0 Å². The van der Waals surface area contributed by atoms with Crippen molar-refractivity contribution in [3.63, 3.8) is 0 Å². The summed E-state index contributed by atoms with van der Waals surface area (Å²) >= 11 is 13.5. The maximum Gasteiger partial charge on any atom is 0.286 e. The van der Waals surface area contributed by atoms with Gasteiger partial charge in [-0.2, -0.15) is 8.42 Å². The summed E-state index contributed by atoms with van der Waals surface area (Å²) in [6.07, 6.45) is 0. The van der Waals surface area contributed by atoms with Crippen LogP contribution in [0, 0.1) is 0 Å². The Hall–Kier alpha value is -2.72. The average molecular weight is 509 g/mol. The number of thioether (sulfide) groups is 1. The molecule has 0 aromatic heterocycles. The Kier molecular flexibility index (Phi) is 7.68. The van der Waals surface area contributed by atoms with E-state index in [1.807, 2.05) is 30.3 Å². The Bertz CT molecular complexity index is 1280. The van der Waals surface area contributed by atoms with Crippen LogP contribution in [0.4, 0.5) is 5.69 Å². The first-order valence-electron chi connectivity index (χ1n) is 9.09. The van der Waals surface area contributed by atoms with Crippen molar-refractivity contribution in [3.8, 4) is 0 Å². The molecular weight excluding hydrogens is 491 g/mol. The molecule has 0 saturated heterocycles. The fourth-order valence-electron chi connectivity index (χ4n) is 2.68. The summed E-state index contributed by atoms with van der Waals surface area (Å²) in [5.74, 6) is -0.794. The maximum absolute atomic E-state index is 13.1. The summed E-state index contributed by atoms with van der Waals surface area (Å²) in [6, 6.07) is 18.6. The highest BCUT2D eigenvalue weighted by Gasteiger charge is 2.23. The Morgan fingerprint density at radius 1 is 0.969 bits per heavy atom. The predicted molar refractivity (Wildman–Crippen MR) is 130 cm³/mol. The average Bonchev–Trinajstić information content (AvgIpc) is 2.73. The molecule has 3 aromatic carbocycles. The molecule has 166 valence electrons. The molecule has 0 atom stereocenters. The number of carbonyl (C=O) groups is 1. The third-order valence-corrected chi connectivity index (χ3v) is 7.40. The summed E-state index contributed by atoms with van der Waals surface area (Å²) in [4.78, 5) is 11.8. The number of carbonyl (C=O) groups excluding carboxylic acids is 1. The van der Waals surface area contributed by atoms with Gasteiger partial charge in [-0.15, -0.1) is 16.2 Å². The number of nitrogens with one attached hydrogen (secondary N) is 1. The molecule has 0 saturated carbocycles. The number of para-hydroxylation sites is 1. The van der Waals surface area contributed by atoms with Crippen LogP contribution >= 0.6 is 35.0 Å². The summed E-state index contributed by atoms with van der Waals surface area (Å²) in [7, 11) is -4.33. The molecule has 0 spiro atoms. The van der Waals surface area contributed by atoms with Crippen LogP contribution in [-0.2, 0) is 15.8 Å². The Labute approximate surface area is 199 Å². The van der Waals surface area contributed by atoms with Crippen LogP contribution in [0.2, 0.25) is 10.0 Å². The fourth-order valence-corrected chi connectivity index (χ4v) is 5.57. The quantitative estimate of drug-likeness (QED) is 0.245. The van der Waals surface area contributed by atoms with Gasteiger partial charge in [-0.1, -0.05) is 65.7 Å². The predicted octanol–water partition coefficient (Wildman–Crippen LogP) is 4.50. The topological polar surface area (TPSA) is 128 Å². The van der Waals surface area contributed by atoms with Crippen LogP contribution in [0.15, 0.2) is 80.9 Å².